The fraction of sp³-hybridized carbons (Fsp3) is 0.320. The second-order valence-corrected chi connectivity index (χ2v) is 8.89. The summed E-state index contributed by atoms with van der Waals surface area (Å²) < 4.78 is 1.54. The van der Waals surface area contributed by atoms with Gasteiger partial charge in [-0.2, -0.15) is 0 Å². The second kappa shape index (κ2) is 9.78. The minimum absolute atomic E-state index is 0.212. The fourth-order valence-corrected chi connectivity index (χ4v) is 3.46. The number of pyridine rings is 1. The standard InChI is InChI=1S/C25H29N3O4/c1-25(2,3)22(16-29)27-23(30)14-21(24(31)32)28-13-10-20(15-28)18-6-4-17(5-7-18)19-8-11-26-12-9-19/h4-13,15,21-22,29H,14,16H2,1-3H3,(H,27,30)(H,31,32)/t21-,22-/m1/s1. The fourth-order valence-electron chi connectivity index (χ4n) is 3.46. The van der Waals surface area contributed by atoms with Crippen molar-refractivity contribution in [2.75, 3.05) is 6.61 Å². The van der Waals surface area contributed by atoms with Gasteiger partial charge in [-0.1, -0.05) is 45.0 Å². The Morgan fingerprint density at radius 3 is 2.06 bits per heavy atom. The molecule has 168 valence electrons. The number of nitrogens with zero attached hydrogens (tertiary/aromatic N) is 2. The Balaban J connectivity index is 1.74. The van der Waals surface area contributed by atoms with Gasteiger partial charge in [-0.3, -0.25) is 9.78 Å². The molecule has 2 heterocycles. The number of amides is 1. The van der Waals surface area contributed by atoms with Gasteiger partial charge in [0.1, 0.15) is 6.04 Å². The molecule has 1 aromatic carbocycles. The number of aliphatic carboxylic acids is 1. The van der Waals surface area contributed by atoms with E-state index in [1.165, 1.54) is 0 Å². The van der Waals surface area contributed by atoms with Crippen LogP contribution >= 0.6 is 0 Å². The van der Waals surface area contributed by atoms with Crippen LogP contribution in [-0.2, 0) is 9.59 Å². The molecule has 7 nitrogen and oxygen atoms in total. The first-order valence-corrected chi connectivity index (χ1v) is 10.5. The third-order valence-corrected chi connectivity index (χ3v) is 5.53. The van der Waals surface area contributed by atoms with E-state index in [0.717, 1.165) is 22.3 Å². The Kier molecular flexibility index (Phi) is 7.10. The van der Waals surface area contributed by atoms with Gasteiger partial charge in [0.15, 0.2) is 0 Å². The summed E-state index contributed by atoms with van der Waals surface area (Å²) in [5.74, 6) is -1.50. The highest BCUT2D eigenvalue weighted by Gasteiger charge is 2.28. The molecule has 7 heteroatoms. The molecule has 0 spiro atoms. The molecule has 0 bridgehead atoms. The first kappa shape index (κ1) is 23.2. The van der Waals surface area contributed by atoms with Gasteiger partial charge in [-0.25, -0.2) is 4.79 Å². The molecule has 0 aliphatic carbocycles. The lowest BCUT2D eigenvalue weighted by molar-refractivity contribution is -0.143. The van der Waals surface area contributed by atoms with Gasteiger partial charge in [-0.05, 0) is 45.9 Å². The Bertz CT molecular complexity index is 1050. The number of rotatable bonds is 8. The zero-order valence-electron chi connectivity index (χ0n) is 18.5. The zero-order chi connectivity index (χ0) is 23.3. The lowest BCUT2D eigenvalue weighted by Crippen LogP contribution is -2.46. The Morgan fingerprint density at radius 1 is 0.969 bits per heavy atom. The molecule has 0 aliphatic rings. The number of hydrogen-bond acceptors (Lipinski definition) is 4. The first-order chi connectivity index (χ1) is 15.2. The molecule has 3 rings (SSSR count). The van der Waals surface area contributed by atoms with Crippen LogP contribution in [0.3, 0.4) is 0 Å². The van der Waals surface area contributed by atoms with E-state index in [2.05, 4.69) is 10.3 Å². The van der Waals surface area contributed by atoms with E-state index in [1.807, 2.05) is 63.2 Å². The molecule has 0 saturated carbocycles. The highest BCUT2D eigenvalue weighted by Crippen LogP contribution is 2.27. The minimum Gasteiger partial charge on any atom is -0.480 e. The summed E-state index contributed by atoms with van der Waals surface area (Å²) >= 11 is 0. The lowest BCUT2D eigenvalue weighted by Gasteiger charge is -2.30. The summed E-state index contributed by atoms with van der Waals surface area (Å²) in [4.78, 5) is 28.4. The van der Waals surface area contributed by atoms with Gasteiger partial charge in [0.05, 0.1) is 19.1 Å². The van der Waals surface area contributed by atoms with Crippen molar-refractivity contribution < 1.29 is 19.8 Å². The van der Waals surface area contributed by atoms with Gasteiger partial charge in [0.2, 0.25) is 5.91 Å². The number of carboxylic acids is 1. The monoisotopic (exact) mass is 435 g/mol. The van der Waals surface area contributed by atoms with Gasteiger partial charge < -0.3 is 20.1 Å². The van der Waals surface area contributed by atoms with Gasteiger partial charge in [0, 0.05) is 24.8 Å². The van der Waals surface area contributed by atoms with Crippen LogP contribution in [0.15, 0.2) is 67.3 Å². The number of benzene rings is 1. The quantitative estimate of drug-likeness (QED) is 0.500. The van der Waals surface area contributed by atoms with Crippen LogP contribution in [0.2, 0.25) is 0 Å². The van der Waals surface area contributed by atoms with Crippen molar-refractivity contribution in [1.82, 2.24) is 14.9 Å². The van der Waals surface area contributed by atoms with E-state index in [9.17, 15) is 19.8 Å². The molecule has 1 amide bonds. The van der Waals surface area contributed by atoms with E-state index in [0.29, 0.717) is 0 Å². The molecular weight excluding hydrogens is 406 g/mol. The average molecular weight is 436 g/mol. The van der Waals surface area contributed by atoms with E-state index < -0.39 is 24.0 Å². The average Bonchev–Trinajstić information content (AvgIpc) is 3.25. The molecule has 0 aliphatic heterocycles. The third kappa shape index (κ3) is 5.62. The van der Waals surface area contributed by atoms with Gasteiger partial charge >= 0.3 is 5.97 Å². The maximum Gasteiger partial charge on any atom is 0.327 e. The van der Waals surface area contributed by atoms with Crippen LogP contribution in [0.5, 0.6) is 0 Å². The van der Waals surface area contributed by atoms with Gasteiger partial charge in [0.25, 0.3) is 0 Å². The van der Waals surface area contributed by atoms with E-state index in [-0.39, 0.29) is 18.4 Å². The van der Waals surface area contributed by atoms with Crippen LogP contribution in [0, 0.1) is 5.41 Å². The van der Waals surface area contributed by atoms with Crippen molar-refractivity contribution in [2.45, 2.75) is 39.3 Å². The predicted octanol–water partition coefficient (Wildman–Crippen LogP) is 3.76. The van der Waals surface area contributed by atoms with Crippen LogP contribution in [0.25, 0.3) is 22.3 Å². The molecule has 0 saturated heterocycles. The number of carboxylic acid groups (broad SMARTS) is 1. The number of carbonyl (C=O) groups excluding carboxylic acids is 1. The molecule has 0 unspecified atom stereocenters. The number of aliphatic hydroxyl groups is 1. The van der Waals surface area contributed by atoms with E-state index in [1.54, 1.807) is 29.4 Å². The Hall–Kier alpha value is -3.45. The summed E-state index contributed by atoms with van der Waals surface area (Å²) in [5.41, 5.74) is 3.60. The minimum atomic E-state index is -1.09. The van der Waals surface area contributed by atoms with Crippen LogP contribution < -0.4 is 5.32 Å². The predicted molar refractivity (Wildman–Crippen MR) is 123 cm³/mol. The topological polar surface area (TPSA) is 104 Å². The van der Waals surface area contributed by atoms with E-state index >= 15 is 0 Å². The second-order valence-electron chi connectivity index (χ2n) is 8.89. The normalized spacial score (nSPS) is 13.4. The molecule has 3 aromatic rings. The van der Waals surface area contributed by atoms with Crippen molar-refractivity contribution in [2.24, 2.45) is 5.41 Å². The molecular formula is C25H29N3O4. The summed E-state index contributed by atoms with van der Waals surface area (Å²) in [6.07, 6.45) is 6.68. The molecule has 3 N–H and O–H groups in total. The maximum absolute atomic E-state index is 12.5. The number of aliphatic hydroxyl groups excluding tert-OH is 1. The SMILES string of the molecule is CC(C)(C)[C@@H](CO)NC(=O)C[C@H](C(=O)O)n1ccc(-c2ccc(-c3ccncc3)cc2)c1. The Morgan fingerprint density at radius 2 is 1.53 bits per heavy atom. The van der Waals surface area contributed by atoms with Crippen molar-refractivity contribution in [1.29, 1.82) is 0 Å². The van der Waals surface area contributed by atoms with Crippen LogP contribution in [-0.4, -0.2) is 44.3 Å². The number of hydrogen-bond donors (Lipinski definition) is 3. The van der Waals surface area contributed by atoms with Crippen molar-refractivity contribution in [3.63, 3.8) is 0 Å². The summed E-state index contributed by atoms with van der Waals surface area (Å²) in [6, 6.07) is 12.2. The lowest BCUT2D eigenvalue weighted by atomic mass is 9.87. The third-order valence-electron chi connectivity index (χ3n) is 5.53. The van der Waals surface area contributed by atoms with E-state index in [4.69, 9.17) is 0 Å². The summed E-state index contributed by atoms with van der Waals surface area (Å²) in [5, 5.41) is 22.0. The highest BCUT2D eigenvalue weighted by atomic mass is 16.4. The Labute approximate surface area is 187 Å². The molecule has 0 radical (unpaired) electrons. The largest absolute Gasteiger partial charge is 0.480 e. The van der Waals surface area contributed by atoms with Crippen molar-refractivity contribution >= 4 is 11.9 Å². The first-order valence-electron chi connectivity index (χ1n) is 10.5. The molecule has 2 aromatic heterocycles. The zero-order valence-corrected chi connectivity index (χ0v) is 18.5. The summed E-state index contributed by atoms with van der Waals surface area (Å²) in [7, 11) is 0. The summed E-state index contributed by atoms with van der Waals surface area (Å²) in [6.45, 7) is 5.50. The smallest absolute Gasteiger partial charge is 0.327 e. The number of aromatic nitrogens is 2. The maximum atomic E-state index is 12.5. The van der Waals surface area contributed by atoms with Crippen molar-refractivity contribution in [3.8, 4) is 22.3 Å². The van der Waals surface area contributed by atoms with Crippen LogP contribution in [0.4, 0.5) is 0 Å². The molecule has 2 atom stereocenters. The molecule has 0 fully saturated rings. The van der Waals surface area contributed by atoms with Crippen LogP contribution in [0.1, 0.15) is 33.2 Å². The van der Waals surface area contributed by atoms with Crippen molar-refractivity contribution in [3.05, 3.63) is 67.3 Å². The molecule has 32 heavy (non-hydrogen) atoms. The number of carbonyl (C=O) groups is 2. The van der Waals surface area contributed by atoms with Gasteiger partial charge in [-0.15, -0.1) is 0 Å². The highest BCUT2D eigenvalue weighted by molar-refractivity contribution is 5.83. The number of nitrogens with one attached hydrogen (secondary N) is 1.